The largest absolute Gasteiger partial charge is 0.497 e. The number of nitrogens with zero attached hydrogens (tertiary/aromatic N) is 3. The van der Waals surface area contributed by atoms with Gasteiger partial charge >= 0.3 is 0 Å². The minimum atomic E-state index is 0.107. The first kappa shape index (κ1) is 14.4. The Balaban J connectivity index is 2.15. The van der Waals surface area contributed by atoms with Crippen molar-refractivity contribution in [2.75, 3.05) is 7.11 Å². The maximum absolute atomic E-state index is 6.08. The van der Waals surface area contributed by atoms with Gasteiger partial charge in [0, 0.05) is 17.1 Å². The predicted molar refractivity (Wildman–Crippen MR) is 86.5 cm³/mol. The highest BCUT2D eigenvalue weighted by molar-refractivity contribution is 7.09. The molecule has 0 N–H and O–H groups in total. The number of aromatic nitrogens is 3. The third-order valence-corrected chi connectivity index (χ3v) is 4.84. The van der Waals surface area contributed by atoms with Crippen LogP contribution in [0.3, 0.4) is 0 Å². The van der Waals surface area contributed by atoms with Gasteiger partial charge in [-0.2, -0.15) is 0 Å². The number of benzene rings is 1. The molecule has 6 heteroatoms. The van der Waals surface area contributed by atoms with E-state index in [-0.39, 0.29) is 6.04 Å². The smallest absolute Gasteiger partial charge is 0.125 e. The molecule has 0 spiro atoms. The number of rotatable bonds is 4. The summed E-state index contributed by atoms with van der Waals surface area (Å²) in [7, 11) is 1.65. The summed E-state index contributed by atoms with van der Waals surface area (Å²) >= 11 is 7.75. The number of aryl methyl sites for hydroxylation is 1. The molecule has 2 heterocycles. The number of hydrogen-bond donors (Lipinski definition) is 0. The number of methoxy groups -OCH3 is 1. The number of ether oxygens (including phenoxy) is 1. The van der Waals surface area contributed by atoms with Crippen LogP contribution in [0.4, 0.5) is 0 Å². The molecule has 4 nitrogen and oxygen atoms in total. The topological polar surface area (TPSA) is 39.9 Å². The van der Waals surface area contributed by atoms with Gasteiger partial charge in [-0.3, -0.25) is 0 Å². The first-order valence-electron chi connectivity index (χ1n) is 6.67. The number of halogens is 1. The molecule has 110 valence electrons. The maximum atomic E-state index is 6.08. The monoisotopic (exact) mass is 321 g/mol. The Morgan fingerprint density at radius 2 is 2.19 bits per heavy atom. The van der Waals surface area contributed by atoms with E-state index in [1.165, 1.54) is 0 Å². The van der Waals surface area contributed by atoms with Crippen molar-refractivity contribution in [3.8, 4) is 5.75 Å². The van der Waals surface area contributed by atoms with Crippen LogP contribution in [0.25, 0.3) is 11.0 Å². The second-order valence-electron chi connectivity index (χ2n) is 4.89. The second kappa shape index (κ2) is 5.66. The summed E-state index contributed by atoms with van der Waals surface area (Å²) in [6.45, 7) is 4.13. The Morgan fingerprint density at radius 3 is 2.81 bits per heavy atom. The average Bonchev–Trinajstić information content (AvgIpc) is 3.08. The highest BCUT2D eigenvalue weighted by Gasteiger charge is 2.19. The van der Waals surface area contributed by atoms with Crippen LogP contribution in [0.5, 0.6) is 5.75 Å². The summed E-state index contributed by atoms with van der Waals surface area (Å²) in [4.78, 5) is 9.21. The van der Waals surface area contributed by atoms with Crippen LogP contribution in [0.1, 0.15) is 29.5 Å². The number of alkyl halides is 1. The van der Waals surface area contributed by atoms with Gasteiger partial charge in [-0.25, -0.2) is 9.97 Å². The van der Waals surface area contributed by atoms with Crippen LogP contribution in [0.2, 0.25) is 0 Å². The summed E-state index contributed by atoms with van der Waals surface area (Å²) in [5.74, 6) is 2.01. The molecule has 1 aromatic carbocycles. The van der Waals surface area contributed by atoms with Crippen LogP contribution in [0.15, 0.2) is 23.6 Å². The van der Waals surface area contributed by atoms with Gasteiger partial charge in [-0.15, -0.1) is 22.9 Å². The van der Waals surface area contributed by atoms with Gasteiger partial charge in [-0.05, 0) is 26.0 Å². The van der Waals surface area contributed by atoms with E-state index in [1.807, 2.05) is 25.1 Å². The fourth-order valence-corrected chi connectivity index (χ4v) is 3.49. The molecule has 0 bridgehead atoms. The van der Waals surface area contributed by atoms with E-state index in [2.05, 4.69) is 26.8 Å². The number of imidazole rings is 1. The Morgan fingerprint density at radius 1 is 1.38 bits per heavy atom. The standard InChI is InChI=1S/C15H16ClN3OS/c1-9-8-21-15(17-9)10(2)19-13-5-4-11(20-3)6-12(13)18-14(19)7-16/h4-6,8,10H,7H2,1-3H3. The van der Waals surface area contributed by atoms with E-state index in [0.29, 0.717) is 5.88 Å². The third kappa shape index (κ3) is 2.51. The fourth-order valence-electron chi connectivity index (χ4n) is 2.46. The van der Waals surface area contributed by atoms with Crippen LogP contribution in [0, 0.1) is 6.92 Å². The van der Waals surface area contributed by atoms with Crippen LogP contribution in [-0.2, 0) is 5.88 Å². The highest BCUT2D eigenvalue weighted by Crippen LogP contribution is 2.30. The second-order valence-corrected chi connectivity index (χ2v) is 6.05. The van der Waals surface area contributed by atoms with Gasteiger partial charge in [0.1, 0.15) is 16.6 Å². The Labute approximate surface area is 132 Å². The van der Waals surface area contributed by atoms with Crippen LogP contribution in [-0.4, -0.2) is 21.6 Å². The van der Waals surface area contributed by atoms with Gasteiger partial charge in [-0.1, -0.05) is 0 Å². The zero-order chi connectivity index (χ0) is 15.0. The minimum Gasteiger partial charge on any atom is -0.497 e. The molecule has 3 rings (SSSR count). The van der Waals surface area contributed by atoms with E-state index in [4.69, 9.17) is 16.3 Å². The molecule has 21 heavy (non-hydrogen) atoms. The Kier molecular flexibility index (Phi) is 3.87. The molecule has 0 saturated carbocycles. The van der Waals surface area contributed by atoms with Gasteiger partial charge < -0.3 is 9.30 Å². The van der Waals surface area contributed by atoms with E-state index in [1.54, 1.807) is 18.4 Å². The van der Waals surface area contributed by atoms with E-state index < -0.39 is 0 Å². The molecule has 0 saturated heterocycles. The predicted octanol–water partition coefficient (Wildman–Crippen LogP) is 4.16. The van der Waals surface area contributed by atoms with Crippen molar-refractivity contribution in [1.82, 2.24) is 14.5 Å². The maximum Gasteiger partial charge on any atom is 0.125 e. The van der Waals surface area contributed by atoms with Crippen LogP contribution < -0.4 is 4.74 Å². The molecule has 0 aliphatic carbocycles. The van der Waals surface area contributed by atoms with Gasteiger partial charge in [0.25, 0.3) is 0 Å². The number of hydrogen-bond acceptors (Lipinski definition) is 4. The molecule has 0 aliphatic rings. The normalized spacial score (nSPS) is 12.8. The lowest BCUT2D eigenvalue weighted by Crippen LogP contribution is -2.09. The van der Waals surface area contributed by atoms with Crippen LogP contribution >= 0.6 is 22.9 Å². The summed E-state index contributed by atoms with van der Waals surface area (Å²) in [6.07, 6.45) is 0. The molecular weight excluding hydrogens is 306 g/mol. The van der Waals surface area contributed by atoms with E-state index in [9.17, 15) is 0 Å². The zero-order valence-electron chi connectivity index (χ0n) is 12.1. The van der Waals surface area contributed by atoms with Crippen molar-refractivity contribution in [1.29, 1.82) is 0 Å². The Hall–Kier alpha value is -1.59. The van der Waals surface area contributed by atoms with Crippen molar-refractivity contribution < 1.29 is 4.74 Å². The molecule has 0 aliphatic heterocycles. The SMILES string of the molecule is COc1ccc2c(c1)nc(CCl)n2C(C)c1nc(C)cs1. The number of thiazole rings is 1. The number of fused-ring (bicyclic) bond motifs is 1. The molecule has 1 atom stereocenters. The first-order valence-corrected chi connectivity index (χ1v) is 8.08. The molecule has 1 unspecified atom stereocenters. The summed E-state index contributed by atoms with van der Waals surface area (Å²) < 4.78 is 7.41. The molecule has 2 aromatic heterocycles. The van der Waals surface area contributed by atoms with Gasteiger partial charge in [0.15, 0.2) is 0 Å². The highest BCUT2D eigenvalue weighted by atomic mass is 35.5. The first-order chi connectivity index (χ1) is 10.1. The molecule has 0 radical (unpaired) electrons. The zero-order valence-corrected chi connectivity index (χ0v) is 13.7. The van der Waals surface area contributed by atoms with Crippen molar-refractivity contribution in [2.24, 2.45) is 0 Å². The van der Waals surface area contributed by atoms with Gasteiger partial charge in [0.2, 0.25) is 0 Å². The minimum absolute atomic E-state index is 0.107. The van der Waals surface area contributed by atoms with Gasteiger partial charge in [0.05, 0.1) is 30.1 Å². The molecule has 0 fully saturated rings. The lowest BCUT2D eigenvalue weighted by molar-refractivity contribution is 0.415. The summed E-state index contributed by atoms with van der Waals surface area (Å²) in [5, 5.41) is 3.13. The van der Waals surface area contributed by atoms with Crippen molar-refractivity contribution in [3.63, 3.8) is 0 Å². The molecule has 3 aromatic rings. The lowest BCUT2D eigenvalue weighted by Gasteiger charge is -2.14. The summed E-state index contributed by atoms with van der Waals surface area (Å²) in [6, 6.07) is 6.00. The van der Waals surface area contributed by atoms with Crippen molar-refractivity contribution >= 4 is 34.0 Å². The lowest BCUT2D eigenvalue weighted by atomic mass is 10.2. The molecule has 0 amide bonds. The molecular formula is C15H16ClN3OS. The van der Waals surface area contributed by atoms with E-state index >= 15 is 0 Å². The third-order valence-electron chi connectivity index (χ3n) is 3.47. The van der Waals surface area contributed by atoms with Crippen molar-refractivity contribution in [3.05, 3.63) is 40.1 Å². The van der Waals surface area contributed by atoms with Crippen molar-refractivity contribution in [2.45, 2.75) is 25.8 Å². The summed E-state index contributed by atoms with van der Waals surface area (Å²) in [5.41, 5.74) is 2.98. The average molecular weight is 322 g/mol. The van der Waals surface area contributed by atoms with E-state index in [0.717, 1.165) is 33.3 Å². The Bertz CT molecular complexity index is 780. The quantitative estimate of drug-likeness (QED) is 0.677. The fraction of sp³-hybridized carbons (Fsp3) is 0.333.